The standard InChI is InChI=1S/C17H32N2O3/c1-16(2,14-6-4-3-5-7-14)12-18-15(20)19-13-17(21)8-10-22-11-9-17/h14,21H,3-13H2,1-2H3,(H2,18,19,20). The van der Waals surface area contributed by atoms with Crippen LogP contribution in [0.5, 0.6) is 0 Å². The molecule has 0 spiro atoms. The lowest BCUT2D eigenvalue weighted by atomic mass is 9.71. The van der Waals surface area contributed by atoms with Gasteiger partial charge in [-0.2, -0.15) is 0 Å². The summed E-state index contributed by atoms with van der Waals surface area (Å²) in [6, 6.07) is -0.177. The fraction of sp³-hybridized carbons (Fsp3) is 0.941. The molecular weight excluding hydrogens is 280 g/mol. The Balaban J connectivity index is 1.70. The molecule has 1 aliphatic carbocycles. The number of urea groups is 1. The van der Waals surface area contributed by atoms with Gasteiger partial charge in [0.15, 0.2) is 0 Å². The van der Waals surface area contributed by atoms with Crippen LogP contribution >= 0.6 is 0 Å². The Kier molecular flexibility index (Phi) is 6.09. The van der Waals surface area contributed by atoms with Crippen LogP contribution in [-0.4, -0.2) is 43.0 Å². The molecule has 5 heteroatoms. The summed E-state index contributed by atoms with van der Waals surface area (Å²) in [5, 5.41) is 16.1. The van der Waals surface area contributed by atoms with Crippen molar-refractivity contribution < 1.29 is 14.6 Å². The lowest BCUT2D eigenvalue weighted by Gasteiger charge is -2.37. The van der Waals surface area contributed by atoms with E-state index in [9.17, 15) is 9.90 Å². The smallest absolute Gasteiger partial charge is 0.314 e. The number of aliphatic hydroxyl groups is 1. The van der Waals surface area contributed by atoms with Gasteiger partial charge in [0.25, 0.3) is 0 Å². The highest BCUT2D eigenvalue weighted by Gasteiger charge is 2.32. The van der Waals surface area contributed by atoms with Crippen molar-refractivity contribution in [1.82, 2.24) is 10.6 Å². The Morgan fingerprint density at radius 2 is 1.82 bits per heavy atom. The zero-order valence-electron chi connectivity index (χ0n) is 14.1. The SMILES string of the molecule is CC(C)(CNC(=O)NCC1(O)CCOCC1)C1CCCCC1. The quantitative estimate of drug-likeness (QED) is 0.730. The molecule has 0 aromatic heterocycles. The van der Waals surface area contributed by atoms with Gasteiger partial charge >= 0.3 is 6.03 Å². The second-order valence-corrected chi connectivity index (χ2v) is 7.70. The minimum Gasteiger partial charge on any atom is -0.388 e. The van der Waals surface area contributed by atoms with E-state index in [1.165, 1.54) is 32.1 Å². The first-order valence-corrected chi connectivity index (χ1v) is 8.73. The second-order valence-electron chi connectivity index (χ2n) is 7.70. The molecule has 1 heterocycles. The summed E-state index contributed by atoms with van der Waals surface area (Å²) in [6.45, 7) is 6.60. The zero-order valence-corrected chi connectivity index (χ0v) is 14.1. The summed E-state index contributed by atoms with van der Waals surface area (Å²) in [5.74, 6) is 0.696. The van der Waals surface area contributed by atoms with E-state index in [1.807, 2.05) is 0 Å². The van der Waals surface area contributed by atoms with Crippen molar-refractivity contribution in [2.24, 2.45) is 11.3 Å². The third-order valence-electron chi connectivity index (χ3n) is 5.42. The van der Waals surface area contributed by atoms with Gasteiger partial charge in [-0.05, 0) is 24.2 Å². The molecule has 0 radical (unpaired) electrons. The van der Waals surface area contributed by atoms with E-state index in [4.69, 9.17) is 4.74 Å². The molecule has 5 nitrogen and oxygen atoms in total. The van der Waals surface area contributed by atoms with E-state index in [-0.39, 0.29) is 11.4 Å². The van der Waals surface area contributed by atoms with Gasteiger partial charge in [0.05, 0.1) is 5.60 Å². The first-order valence-electron chi connectivity index (χ1n) is 8.73. The van der Waals surface area contributed by atoms with E-state index in [1.54, 1.807) is 0 Å². The molecule has 1 saturated carbocycles. The van der Waals surface area contributed by atoms with E-state index >= 15 is 0 Å². The first-order chi connectivity index (χ1) is 10.4. The van der Waals surface area contributed by atoms with E-state index in [0.717, 1.165) is 0 Å². The number of carbonyl (C=O) groups excluding carboxylic acids is 1. The van der Waals surface area contributed by atoms with E-state index in [2.05, 4.69) is 24.5 Å². The summed E-state index contributed by atoms with van der Waals surface area (Å²) in [6.07, 6.45) is 7.70. The molecule has 0 bridgehead atoms. The summed E-state index contributed by atoms with van der Waals surface area (Å²) in [5.41, 5.74) is -0.679. The van der Waals surface area contributed by atoms with Gasteiger partial charge in [-0.1, -0.05) is 33.1 Å². The minimum absolute atomic E-state index is 0.132. The minimum atomic E-state index is -0.811. The summed E-state index contributed by atoms with van der Waals surface area (Å²) in [4.78, 5) is 12.0. The summed E-state index contributed by atoms with van der Waals surface area (Å²) in [7, 11) is 0. The molecule has 2 amide bonds. The topological polar surface area (TPSA) is 70.6 Å². The molecule has 22 heavy (non-hydrogen) atoms. The molecule has 2 aliphatic rings. The van der Waals surface area contributed by atoms with Crippen LogP contribution < -0.4 is 10.6 Å². The highest BCUT2D eigenvalue weighted by molar-refractivity contribution is 5.73. The van der Waals surface area contributed by atoms with Crippen LogP contribution in [0.25, 0.3) is 0 Å². The monoisotopic (exact) mass is 312 g/mol. The Morgan fingerprint density at radius 1 is 1.18 bits per heavy atom. The lowest BCUT2D eigenvalue weighted by Crippen LogP contribution is -2.50. The number of carbonyl (C=O) groups is 1. The maximum atomic E-state index is 12.0. The molecule has 128 valence electrons. The van der Waals surface area contributed by atoms with Crippen molar-refractivity contribution in [3.8, 4) is 0 Å². The van der Waals surface area contributed by atoms with Crippen molar-refractivity contribution in [3.63, 3.8) is 0 Å². The number of amides is 2. The van der Waals surface area contributed by atoms with Crippen LogP contribution in [-0.2, 0) is 4.74 Å². The largest absolute Gasteiger partial charge is 0.388 e. The van der Waals surface area contributed by atoms with Crippen molar-refractivity contribution >= 4 is 6.03 Å². The summed E-state index contributed by atoms with van der Waals surface area (Å²) >= 11 is 0. The third-order valence-corrected chi connectivity index (χ3v) is 5.42. The van der Waals surface area contributed by atoms with Gasteiger partial charge in [0.1, 0.15) is 0 Å². The average Bonchev–Trinajstić information content (AvgIpc) is 2.53. The van der Waals surface area contributed by atoms with Gasteiger partial charge < -0.3 is 20.5 Å². The van der Waals surface area contributed by atoms with Gasteiger partial charge in [0, 0.05) is 39.1 Å². The molecule has 1 aliphatic heterocycles. The van der Waals surface area contributed by atoms with Gasteiger partial charge in [-0.3, -0.25) is 0 Å². The molecule has 0 aromatic rings. The fourth-order valence-electron chi connectivity index (χ4n) is 3.57. The zero-order chi connectivity index (χ0) is 16.1. The number of nitrogens with one attached hydrogen (secondary N) is 2. The number of ether oxygens (including phenoxy) is 1. The van der Waals surface area contributed by atoms with Crippen LogP contribution in [0.3, 0.4) is 0 Å². The molecule has 3 N–H and O–H groups in total. The van der Waals surface area contributed by atoms with Crippen LogP contribution in [0.4, 0.5) is 4.79 Å². The van der Waals surface area contributed by atoms with Gasteiger partial charge in [-0.25, -0.2) is 4.79 Å². The summed E-state index contributed by atoms with van der Waals surface area (Å²) < 4.78 is 5.24. The Labute approximate surface area is 134 Å². The Bertz CT molecular complexity index is 359. The maximum absolute atomic E-state index is 12.0. The Hall–Kier alpha value is -0.810. The molecule has 0 aromatic carbocycles. The molecular formula is C17H32N2O3. The fourth-order valence-corrected chi connectivity index (χ4v) is 3.57. The lowest BCUT2D eigenvalue weighted by molar-refractivity contribution is -0.0600. The highest BCUT2D eigenvalue weighted by atomic mass is 16.5. The molecule has 2 fully saturated rings. The number of rotatable bonds is 5. The van der Waals surface area contributed by atoms with Crippen molar-refractivity contribution in [2.45, 2.75) is 64.4 Å². The Morgan fingerprint density at radius 3 is 2.45 bits per heavy atom. The predicted molar refractivity (Wildman–Crippen MR) is 86.8 cm³/mol. The van der Waals surface area contributed by atoms with Crippen LogP contribution in [0.1, 0.15) is 58.8 Å². The van der Waals surface area contributed by atoms with E-state index < -0.39 is 5.60 Å². The van der Waals surface area contributed by atoms with Crippen molar-refractivity contribution in [2.75, 3.05) is 26.3 Å². The van der Waals surface area contributed by atoms with Crippen LogP contribution in [0.15, 0.2) is 0 Å². The number of hydrogen-bond acceptors (Lipinski definition) is 3. The van der Waals surface area contributed by atoms with Crippen LogP contribution in [0.2, 0.25) is 0 Å². The van der Waals surface area contributed by atoms with Gasteiger partial charge in [0.2, 0.25) is 0 Å². The normalized spacial score (nSPS) is 23.0. The predicted octanol–water partition coefficient (Wildman–Crippen LogP) is 2.43. The second kappa shape index (κ2) is 7.64. The van der Waals surface area contributed by atoms with Crippen molar-refractivity contribution in [3.05, 3.63) is 0 Å². The molecule has 2 rings (SSSR count). The number of hydrogen-bond donors (Lipinski definition) is 3. The van der Waals surface area contributed by atoms with Crippen LogP contribution in [0, 0.1) is 11.3 Å². The third kappa shape index (κ3) is 5.13. The molecule has 0 atom stereocenters. The maximum Gasteiger partial charge on any atom is 0.314 e. The average molecular weight is 312 g/mol. The highest BCUT2D eigenvalue weighted by Crippen LogP contribution is 2.37. The van der Waals surface area contributed by atoms with Gasteiger partial charge in [-0.15, -0.1) is 0 Å². The van der Waals surface area contributed by atoms with Crippen molar-refractivity contribution in [1.29, 1.82) is 0 Å². The first kappa shape index (κ1) is 17.5. The molecule has 0 unspecified atom stereocenters. The molecule has 1 saturated heterocycles. The van der Waals surface area contributed by atoms with E-state index in [0.29, 0.717) is 45.1 Å².